The SMILES string of the molecule is C1=CC[C]([Zr+]([C]2=CC=CC2)[c]2cccs2)=C1.[Cl-]. The van der Waals surface area contributed by atoms with E-state index >= 15 is 0 Å². The maximum Gasteiger partial charge on any atom is -1.00 e. The molecule has 1 aromatic heterocycles. The summed E-state index contributed by atoms with van der Waals surface area (Å²) in [6.45, 7) is 0. The van der Waals surface area contributed by atoms with Gasteiger partial charge in [0.1, 0.15) is 0 Å². The van der Waals surface area contributed by atoms with Gasteiger partial charge >= 0.3 is 109 Å². The fourth-order valence-corrected chi connectivity index (χ4v) is 11.8. The Morgan fingerprint density at radius 2 is 1.65 bits per heavy atom. The Balaban J connectivity index is 0.00000108. The summed E-state index contributed by atoms with van der Waals surface area (Å²) in [5.41, 5.74) is 0. The minimum atomic E-state index is -1.68. The molecule has 17 heavy (non-hydrogen) atoms. The van der Waals surface area contributed by atoms with Gasteiger partial charge in [-0.2, -0.15) is 0 Å². The molecule has 0 aliphatic heterocycles. The van der Waals surface area contributed by atoms with Crippen molar-refractivity contribution in [1.29, 1.82) is 0 Å². The smallest absolute Gasteiger partial charge is 1.00 e. The largest absolute Gasteiger partial charge is 1.00 e. The minimum Gasteiger partial charge on any atom is -1.00 e. The van der Waals surface area contributed by atoms with Crippen LogP contribution in [0, 0.1) is 0 Å². The summed E-state index contributed by atoms with van der Waals surface area (Å²) in [6, 6.07) is 4.55. The van der Waals surface area contributed by atoms with E-state index in [1.165, 1.54) is 12.8 Å². The topological polar surface area (TPSA) is 0 Å². The molecule has 0 saturated heterocycles. The molecule has 1 heterocycles. The zero-order valence-electron chi connectivity index (χ0n) is 9.40. The Labute approximate surface area is 121 Å². The quantitative estimate of drug-likeness (QED) is 0.760. The molecule has 0 bridgehead atoms. The second kappa shape index (κ2) is 6.13. The molecule has 0 nitrogen and oxygen atoms in total. The van der Waals surface area contributed by atoms with Gasteiger partial charge in [-0.1, -0.05) is 0 Å². The van der Waals surface area contributed by atoms with Gasteiger partial charge in [-0.25, -0.2) is 0 Å². The van der Waals surface area contributed by atoms with E-state index in [0.717, 1.165) is 0 Å². The fraction of sp³-hybridized carbons (Fsp3) is 0.143. The third-order valence-electron chi connectivity index (χ3n) is 2.95. The molecule has 2 aliphatic rings. The molecule has 0 aromatic carbocycles. The molecule has 0 radical (unpaired) electrons. The summed E-state index contributed by atoms with van der Waals surface area (Å²) in [5.74, 6) is 0. The maximum absolute atomic E-state index is 2.37. The summed E-state index contributed by atoms with van der Waals surface area (Å²) in [5, 5.41) is 2.22. The van der Waals surface area contributed by atoms with Crippen LogP contribution < -0.4 is 15.0 Å². The molecule has 86 valence electrons. The van der Waals surface area contributed by atoms with Gasteiger partial charge in [-0.3, -0.25) is 0 Å². The molecular formula is C14H13ClSZr. The van der Waals surface area contributed by atoms with Crippen LogP contribution in [0.15, 0.2) is 60.5 Å². The monoisotopic (exact) mass is 338 g/mol. The average molecular weight is 340 g/mol. The van der Waals surface area contributed by atoms with Crippen LogP contribution in [0.1, 0.15) is 12.8 Å². The van der Waals surface area contributed by atoms with Crippen molar-refractivity contribution in [3.05, 3.63) is 60.5 Å². The zero-order chi connectivity index (χ0) is 10.8. The number of halogens is 1. The van der Waals surface area contributed by atoms with E-state index in [4.69, 9.17) is 0 Å². The molecule has 0 N–H and O–H groups in total. The Hall–Kier alpha value is -0.167. The fourth-order valence-electron chi connectivity index (χ4n) is 2.21. The van der Waals surface area contributed by atoms with Crippen LogP contribution in [-0.4, -0.2) is 0 Å². The summed E-state index contributed by atoms with van der Waals surface area (Å²) in [7, 11) is 0. The van der Waals surface area contributed by atoms with Crippen LogP contribution in [0.2, 0.25) is 0 Å². The molecule has 0 atom stereocenters. The van der Waals surface area contributed by atoms with Crippen molar-refractivity contribution in [3.63, 3.8) is 0 Å². The predicted octanol–water partition coefficient (Wildman–Crippen LogP) is 0.683. The van der Waals surface area contributed by atoms with Crippen LogP contribution in [0.5, 0.6) is 0 Å². The van der Waals surface area contributed by atoms with E-state index in [-0.39, 0.29) is 12.4 Å². The van der Waals surface area contributed by atoms with Crippen molar-refractivity contribution < 1.29 is 34.2 Å². The van der Waals surface area contributed by atoms with E-state index in [1.807, 2.05) is 11.3 Å². The van der Waals surface area contributed by atoms with Crippen molar-refractivity contribution in [2.24, 2.45) is 0 Å². The maximum atomic E-state index is 2.37. The third kappa shape index (κ3) is 2.81. The number of rotatable bonds is 3. The Kier molecular flexibility index (Phi) is 4.79. The van der Waals surface area contributed by atoms with E-state index in [1.54, 1.807) is 9.15 Å². The molecule has 2 aliphatic carbocycles. The zero-order valence-corrected chi connectivity index (χ0v) is 13.4. The molecule has 0 unspecified atom stereocenters. The second-order valence-corrected chi connectivity index (χ2v) is 12.2. The molecule has 0 spiro atoms. The van der Waals surface area contributed by atoms with Crippen LogP contribution in [0.3, 0.4) is 0 Å². The number of hydrogen-bond acceptors (Lipinski definition) is 1. The van der Waals surface area contributed by atoms with Gasteiger partial charge in [0.25, 0.3) is 0 Å². The standard InChI is InChI=1S/2C5H5.C4H3S.ClH.Zr/c3*1-2-4-5-3-1;;/h2*1-3H,4H2;1-3H;1H;/q;;;;+1/p-1. The number of thiophene rings is 1. The molecular weight excluding hydrogens is 327 g/mol. The molecule has 1 aromatic rings. The molecule has 0 saturated carbocycles. The van der Waals surface area contributed by atoms with Gasteiger partial charge in [-0.05, 0) is 0 Å². The van der Waals surface area contributed by atoms with Crippen molar-refractivity contribution in [1.82, 2.24) is 0 Å². The van der Waals surface area contributed by atoms with Gasteiger partial charge < -0.3 is 12.4 Å². The van der Waals surface area contributed by atoms with Crippen molar-refractivity contribution in [3.8, 4) is 0 Å². The van der Waals surface area contributed by atoms with Crippen molar-refractivity contribution >= 4 is 13.9 Å². The number of hydrogen-bond donors (Lipinski definition) is 0. The van der Waals surface area contributed by atoms with Crippen molar-refractivity contribution in [2.75, 3.05) is 0 Å². The first-order chi connectivity index (χ1) is 7.95. The van der Waals surface area contributed by atoms with Gasteiger partial charge in [-0.15, -0.1) is 0 Å². The molecule has 3 heteroatoms. The van der Waals surface area contributed by atoms with Crippen LogP contribution in [0.25, 0.3) is 0 Å². The second-order valence-electron chi connectivity index (χ2n) is 4.00. The van der Waals surface area contributed by atoms with Gasteiger partial charge in [0, 0.05) is 0 Å². The summed E-state index contributed by atoms with van der Waals surface area (Å²) in [4.78, 5) is 0. The minimum absolute atomic E-state index is 0. The summed E-state index contributed by atoms with van der Waals surface area (Å²) < 4.78 is 5.15. The van der Waals surface area contributed by atoms with Crippen LogP contribution in [0.4, 0.5) is 0 Å². The van der Waals surface area contributed by atoms with Crippen molar-refractivity contribution in [2.45, 2.75) is 12.8 Å². The predicted molar refractivity (Wildman–Crippen MR) is 67.6 cm³/mol. The summed E-state index contributed by atoms with van der Waals surface area (Å²) in [6.07, 6.45) is 16.2. The number of allylic oxidation sites excluding steroid dienone is 8. The Morgan fingerprint density at radius 3 is 2.06 bits per heavy atom. The first kappa shape index (κ1) is 13.3. The van der Waals surface area contributed by atoms with Gasteiger partial charge in [0.05, 0.1) is 0 Å². The molecule has 3 rings (SSSR count). The van der Waals surface area contributed by atoms with Crippen LogP contribution in [-0.2, 0) is 21.8 Å². The van der Waals surface area contributed by atoms with E-state index < -0.39 is 21.8 Å². The third-order valence-corrected chi connectivity index (χ3v) is 12.3. The Bertz CT molecular complexity index is 464. The Morgan fingerprint density at radius 1 is 1.00 bits per heavy atom. The molecule has 0 fully saturated rings. The van der Waals surface area contributed by atoms with E-state index in [2.05, 4.69) is 54.0 Å². The first-order valence-corrected chi connectivity index (χ1v) is 10.1. The van der Waals surface area contributed by atoms with E-state index in [0.29, 0.717) is 0 Å². The first-order valence-electron chi connectivity index (χ1n) is 5.58. The average Bonchev–Trinajstić information content (AvgIpc) is 3.02. The van der Waals surface area contributed by atoms with Gasteiger partial charge in [0.15, 0.2) is 0 Å². The van der Waals surface area contributed by atoms with E-state index in [9.17, 15) is 0 Å². The van der Waals surface area contributed by atoms with Crippen LogP contribution >= 0.6 is 11.3 Å². The van der Waals surface area contributed by atoms with Gasteiger partial charge in [0.2, 0.25) is 0 Å². The summed E-state index contributed by atoms with van der Waals surface area (Å²) >= 11 is 0.277. The normalized spacial score (nSPS) is 16.7. The molecule has 0 amide bonds.